The number of halogens is 1. The van der Waals surface area contributed by atoms with Crippen LogP contribution >= 0.6 is 0 Å². The summed E-state index contributed by atoms with van der Waals surface area (Å²) in [6.07, 6.45) is 4.71. The van der Waals surface area contributed by atoms with Crippen LogP contribution in [0, 0.1) is 0 Å². The third-order valence-electron chi connectivity index (χ3n) is 6.04. The molecule has 2 nitrogen and oxygen atoms in total. The van der Waals surface area contributed by atoms with Crippen molar-refractivity contribution in [1.29, 1.82) is 0 Å². The molecule has 0 amide bonds. The first-order chi connectivity index (χ1) is 16.8. The second kappa shape index (κ2) is 12.0. The molecule has 0 aliphatic heterocycles. The Labute approximate surface area is 202 Å². The van der Waals surface area contributed by atoms with Gasteiger partial charge in [0.2, 0.25) is 0 Å². The zero-order valence-corrected chi connectivity index (χ0v) is 19.8. The fraction of sp³-hybridized carbons (Fsp3) is 0.226. The van der Waals surface area contributed by atoms with Crippen LogP contribution in [0.15, 0.2) is 103 Å². The molecule has 4 aromatic rings. The summed E-state index contributed by atoms with van der Waals surface area (Å²) < 4.78 is 17.9. The quantitative estimate of drug-likeness (QED) is 0.210. The van der Waals surface area contributed by atoms with E-state index in [9.17, 15) is 4.39 Å². The minimum atomic E-state index is -0.217. The molecule has 0 saturated carbocycles. The summed E-state index contributed by atoms with van der Waals surface area (Å²) in [5.41, 5.74) is 6.92. The molecule has 0 heterocycles. The second-order valence-electron chi connectivity index (χ2n) is 8.48. The van der Waals surface area contributed by atoms with Gasteiger partial charge in [-0.25, -0.2) is 0 Å². The van der Waals surface area contributed by atoms with E-state index in [0.717, 1.165) is 59.6 Å². The van der Waals surface area contributed by atoms with Gasteiger partial charge in [0.05, 0.1) is 13.8 Å². The zero-order chi connectivity index (χ0) is 23.6. The Morgan fingerprint density at radius 3 is 1.79 bits per heavy atom. The largest absolute Gasteiger partial charge is 0.497 e. The van der Waals surface area contributed by atoms with Crippen LogP contribution in [0.3, 0.4) is 0 Å². The molecule has 3 heteroatoms. The van der Waals surface area contributed by atoms with Crippen LogP contribution in [0.1, 0.15) is 31.2 Å². The number of alkyl halides is 1. The maximum atomic E-state index is 12.3. The molecule has 0 aliphatic carbocycles. The average Bonchev–Trinajstić information content (AvgIpc) is 2.90. The summed E-state index contributed by atoms with van der Waals surface area (Å²) in [6.45, 7) is -0.217. The van der Waals surface area contributed by atoms with Crippen molar-refractivity contribution in [3.8, 4) is 16.9 Å². The van der Waals surface area contributed by atoms with Crippen molar-refractivity contribution in [3.05, 3.63) is 109 Å². The predicted molar refractivity (Wildman–Crippen MR) is 141 cm³/mol. The van der Waals surface area contributed by atoms with Crippen LogP contribution < -0.4 is 9.64 Å². The van der Waals surface area contributed by atoms with Gasteiger partial charge in [0.25, 0.3) is 0 Å². The van der Waals surface area contributed by atoms with Crippen LogP contribution in [-0.4, -0.2) is 13.8 Å². The monoisotopic (exact) mass is 453 g/mol. The highest BCUT2D eigenvalue weighted by atomic mass is 19.1. The number of methoxy groups -OCH3 is 1. The predicted octanol–water partition coefficient (Wildman–Crippen LogP) is 8.90. The van der Waals surface area contributed by atoms with E-state index < -0.39 is 0 Å². The van der Waals surface area contributed by atoms with Gasteiger partial charge in [-0.05, 0) is 84.5 Å². The van der Waals surface area contributed by atoms with Gasteiger partial charge in [0, 0.05) is 17.1 Å². The van der Waals surface area contributed by atoms with E-state index in [-0.39, 0.29) is 6.67 Å². The molecule has 0 spiro atoms. The molecule has 0 saturated heterocycles. The molecule has 34 heavy (non-hydrogen) atoms. The van der Waals surface area contributed by atoms with Gasteiger partial charge in [0.1, 0.15) is 5.75 Å². The smallest absolute Gasteiger partial charge is 0.119 e. The van der Waals surface area contributed by atoms with E-state index in [1.54, 1.807) is 7.11 Å². The molecule has 0 bridgehead atoms. The molecule has 4 rings (SSSR count). The fourth-order valence-corrected chi connectivity index (χ4v) is 4.27. The third-order valence-corrected chi connectivity index (χ3v) is 6.04. The topological polar surface area (TPSA) is 12.5 Å². The van der Waals surface area contributed by atoms with Gasteiger partial charge in [0.15, 0.2) is 0 Å². The van der Waals surface area contributed by atoms with Gasteiger partial charge >= 0.3 is 0 Å². The highest BCUT2D eigenvalue weighted by Gasteiger charge is 2.12. The highest BCUT2D eigenvalue weighted by Crippen LogP contribution is 2.36. The molecule has 0 unspecified atom stereocenters. The van der Waals surface area contributed by atoms with E-state index >= 15 is 0 Å². The molecular weight excluding hydrogens is 421 g/mol. The van der Waals surface area contributed by atoms with Crippen molar-refractivity contribution >= 4 is 17.1 Å². The highest BCUT2D eigenvalue weighted by molar-refractivity contribution is 5.78. The van der Waals surface area contributed by atoms with Gasteiger partial charge in [-0.1, -0.05) is 67.4 Å². The van der Waals surface area contributed by atoms with Crippen LogP contribution in [0.2, 0.25) is 0 Å². The number of unbranched alkanes of at least 4 members (excludes halogenated alkanes) is 3. The first kappa shape index (κ1) is 23.6. The molecule has 4 aromatic carbocycles. The number of rotatable bonds is 11. The summed E-state index contributed by atoms with van der Waals surface area (Å²) in [7, 11) is 1.71. The van der Waals surface area contributed by atoms with E-state index in [2.05, 4.69) is 95.9 Å². The Balaban J connectivity index is 1.59. The lowest BCUT2D eigenvalue weighted by Gasteiger charge is -2.25. The second-order valence-corrected chi connectivity index (χ2v) is 8.48. The van der Waals surface area contributed by atoms with Crippen molar-refractivity contribution < 1.29 is 9.13 Å². The van der Waals surface area contributed by atoms with E-state index in [0.29, 0.717) is 6.42 Å². The van der Waals surface area contributed by atoms with Gasteiger partial charge in [-0.3, -0.25) is 4.39 Å². The third kappa shape index (κ3) is 6.05. The van der Waals surface area contributed by atoms with Crippen molar-refractivity contribution in [2.75, 3.05) is 18.7 Å². The van der Waals surface area contributed by atoms with Gasteiger partial charge in [-0.2, -0.15) is 0 Å². The minimum Gasteiger partial charge on any atom is -0.497 e. The standard InChI is InChI=1S/C31H32FNO/c1-34-31-23-25(12-6-2-3-11-21-32)22-27(24-31)26-17-19-30(20-18-26)33(28-13-7-4-8-14-28)29-15-9-5-10-16-29/h4-5,7-10,13-20,22-24H,2-3,6,11-12,21H2,1H3. The summed E-state index contributed by atoms with van der Waals surface area (Å²) in [4.78, 5) is 2.26. The SMILES string of the molecule is COc1cc(CCCCCCF)cc(-c2ccc(N(c3ccccc3)c3ccccc3)cc2)c1. The van der Waals surface area contributed by atoms with Gasteiger partial charge in [-0.15, -0.1) is 0 Å². The molecular formula is C31H32FNO. The first-order valence-electron chi connectivity index (χ1n) is 12.0. The zero-order valence-electron chi connectivity index (χ0n) is 19.8. The van der Waals surface area contributed by atoms with E-state index in [4.69, 9.17) is 4.74 Å². The lowest BCUT2D eigenvalue weighted by Crippen LogP contribution is -2.09. The Hall–Kier alpha value is -3.59. The molecule has 0 fully saturated rings. The number of nitrogens with zero attached hydrogens (tertiary/aromatic N) is 1. The summed E-state index contributed by atoms with van der Waals surface area (Å²) in [5.74, 6) is 0.871. The minimum absolute atomic E-state index is 0.217. The number of para-hydroxylation sites is 2. The lowest BCUT2D eigenvalue weighted by molar-refractivity contribution is 0.414. The summed E-state index contributed by atoms with van der Waals surface area (Å²) in [6, 6.07) is 36.0. The van der Waals surface area contributed by atoms with Crippen LogP contribution in [0.25, 0.3) is 11.1 Å². The van der Waals surface area contributed by atoms with E-state index in [1.165, 1.54) is 5.56 Å². The average molecular weight is 454 g/mol. The molecule has 0 aromatic heterocycles. The number of hydrogen-bond acceptors (Lipinski definition) is 2. The molecule has 0 radical (unpaired) electrons. The molecule has 0 N–H and O–H groups in total. The summed E-state index contributed by atoms with van der Waals surface area (Å²) in [5, 5.41) is 0. The molecule has 0 atom stereocenters. The number of benzene rings is 4. The fourth-order valence-electron chi connectivity index (χ4n) is 4.27. The molecule has 0 aliphatic rings. The molecule has 174 valence electrons. The Morgan fingerprint density at radius 2 is 1.21 bits per heavy atom. The van der Waals surface area contributed by atoms with Crippen LogP contribution in [0.5, 0.6) is 5.75 Å². The number of hydrogen-bond donors (Lipinski definition) is 0. The van der Waals surface area contributed by atoms with Gasteiger partial charge < -0.3 is 9.64 Å². The number of aryl methyl sites for hydroxylation is 1. The van der Waals surface area contributed by atoms with Crippen molar-refractivity contribution in [2.45, 2.75) is 32.1 Å². The lowest BCUT2D eigenvalue weighted by atomic mass is 9.99. The normalized spacial score (nSPS) is 10.8. The van der Waals surface area contributed by atoms with Crippen LogP contribution in [-0.2, 0) is 6.42 Å². The number of anilines is 3. The Morgan fingerprint density at radius 1 is 0.618 bits per heavy atom. The Bertz CT molecular complexity index is 1100. The van der Waals surface area contributed by atoms with Crippen molar-refractivity contribution in [3.63, 3.8) is 0 Å². The first-order valence-corrected chi connectivity index (χ1v) is 12.0. The Kier molecular flexibility index (Phi) is 8.34. The summed E-state index contributed by atoms with van der Waals surface area (Å²) >= 11 is 0. The van der Waals surface area contributed by atoms with Crippen molar-refractivity contribution in [1.82, 2.24) is 0 Å². The maximum absolute atomic E-state index is 12.3. The van der Waals surface area contributed by atoms with Crippen molar-refractivity contribution in [2.24, 2.45) is 0 Å². The number of ether oxygens (including phenoxy) is 1. The van der Waals surface area contributed by atoms with Crippen LogP contribution in [0.4, 0.5) is 21.5 Å². The van der Waals surface area contributed by atoms with E-state index in [1.807, 2.05) is 12.1 Å². The maximum Gasteiger partial charge on any atom is 0.119 e.